The molecule has 0 fully saturated rings. The van der Waals surface area contributed by atoms with Crippen LogP contribution in [0.4, 0.5) is 0 Å². The van der Waals surface area contributed by atoms with Crippen LogP contribution in [0.5, 0.6) is 0 Å². The lowest BCUT2D eigenvalue weighted by Crippen LogP contribution is -2.00. The van der Waals surface area contributed by atoms with E-state index in [4.69, 9.17) is 11.1 Å². The van der Waals surface area contributed by atoms with Crippen molar-refractivity contribution in [3.05, 3.63) is 35.3 Å². The number of nitrogens with zero attached hydrogens (tertiary/aromatic N) is 1. The fraction of sp³-hybridized carbons (Fsp3) is 0.250. The smallest absolute Gasteiger partial charge is 0.151 e. The molecule has 16 heavy (non-hydrogen) atoms. The van der Waals surface area contributed by atoms with E-state index in [-0.39, 0.29) is 0 Å². The second-order valence-electron chi connectivity index (χ2n) is 2.84. The third-order valence-electron chi connectivity index (χ3n) is 1.77. The minimum absolute atomic E-state index is 0.507. The zero-order chi connectivity index (χ0) is 12.6. The fourth-order valence-corrected chi connectivity index (χ4v) is 1.02. The average molecular weight is 219 g/mol. The number of aldehydes is 1. The lowest BCUT2D eigenvalue weighted by Gasteiger charge is -2.02. The third kappa shape index (κ3) is 3.65. The van der Waals surface area contributed by atoms with Gasteiger partial charge in [0.05, 0.1) is 5.69 Å². The summed E-state index contributed by atoms with van der Waals surface area (Å²) in [4.78, 5) is 14.4. The highest BCUT2D eigenvalue weighted by atomic mass is 16.1. The van der Waals surface area contributed by atoms with Crippen molar-refractivity contribution in [1.82, 2.24) is 4.98 Å². The van der Waals surface area contributed by atoms with Crippen molar-refractivity contribution in [1.29, 1.82) is 5.41 Å². The van der Waals surface area contributed by atoms with Crippen molar-refractivity contribution in [2.45, 2.75) is 20.8 Å². The van der Waals surface area contributed by atoms with Gasteiger partial charge in [0, 0.05) is 29.2 Å². The maximum Gasteiger partial charge on any atom is 0.151 e. The van der Waals surface area contributed by atoms with Crippen LogP contribution in [0.3, 0.4) is 0 Å². The van der Waals surface area contributed by atoms with E-state index in [1.807, 2.05) is 13.8 Å². The largest absolute Gasteiger partial charge is 0.402 e. The molecule has 3 N–H and O–H groups in total. The number of nitrogens with two attached hydrogens (primary N) is 1. The van der Waals surface area contributed by atoms with Gasteiger partial charge < -0.3 is 11.1 Å². The monoisotopic (exact) mass is 219 g/mol. The Labute approximate surface area is 95.7 Å². The molecule has 1 rings (SSSR count). The highest BCUT2D eigenvalue weighted by Crippen LogP contribution is 2.11. The Balaban J connectivity index is 0.00000106. The molecule has 0 bridgehead atoms. The minimum Gasteiger partial charge on any atom is -0.402 e. The Morgan fingerprint density at radius 1 is 1.44 bits per heavy atom. The quantitative estimate of drug-likeness (QED) is 0.604. The van der Waals surface area contributed by atoms with Crippen LogP contribution in [-0.2, 0) is 0 Å². The standard InChI is InChI=1S/C10H11N3O.C2H6/c1-7(12)9(4-11)10-3-2-8(6-14)5-13-10;1-2/h2-6,11H,12H2,1H3;1-2H3/b9-7+,11-4?;. The van der Waals surface area contributed by atoms with Crippen molar-refractivity contribution >= 4 is 18.1 Å². The molecular weight excluding hydrogens is 202 g/mol. The molecule has 4 heteroatoms. The second-order valence-corrected chi connectivity index (χ2v) is 2.84. The highest BCUT2D eigenvalue weighted by molar-refractivity contribution is 6.08. The summed E-state index contributed by atoms with van der Waals surface area (Å²) in [6.45, 7) is 5.70. The van der Waals surface area contributed by atoms with Gasteiger partial charge in [-0.1, -0.05) is 13.8 Å². The lowest BCUT2D eigenvalue weighted by atomic mass is 10.1. The summed E-state index contributed by atoms with van der Waals surface area (Å²) in [7, 11) is 0. The second kappa shape index (κ2) is 7.34. The van der Waals surface area contributed by atoms with Crippen LogP contribution in [0.1, 0.15) is 36.8 Å². The molecule has 1 aromatic rings. The van der Waals surface area contributed by atoms with Crippen LogP contribution in [0, 0.1) is 5.41 Å². The number of nitrogens with one attached hydrogen (secondary N) is 1. The van der Waals surface area contributed by atoms with Crippen LogP contribution < -0.4 is 5.73 Å². The average Bonchev–Trinajstić information content (AvgIpc) is 2.33. The summed E-state index contributed by atoms with van der Waals surface area (Å²) in [5, 5.41) is 7.15. The molecule has 1 aromatic heterocycles. The normalized spacial score (nSPS) is 10.7. The van der Waals surface area contributed by atoms with Crippen LogP contribution in [0.2, 0.25) is 0 Å². The van der Waals surface area contributed by atoms with Crippen LogP contribution in [0.15, 0.2) is 24.0 Å². The van der Waals surface area contributed by atoms with Gasteiger partial charge in [0.2, 0.25) is 0 Å². The molecule has 0 aromatic carbocycles. The zero-order valence-corrected chi connectivity index (χ0v) is 9.82. The number of aromatic nitrogens is 1. The predicted octanol–water partition coefficient (Wildman–Crippen LogP) is 2.26. The van der Waals surface area contributed by atoms with E-state index < -0.39 is 0 Å². The van der Waals surface area contributed by atoms with Crippen molar-refractivity contribution in [2.75, 3.05) is 0 Å². The molecule has 0 unspecified atom stereocenters. The number of pyridine rings is 1. The third-order valence-corrected chi connectivity index (χ3v) is 1.77. The number of allylic oxidation sites excluding steroid dienone is 2. The van der Waals surface area contributed by atoms with Gasteiger partial charge in [-0.3, -0.25) is 9.78 Å². The van der Waals surface area contributed by atoms with Crippen LogP contribution in [0.25, 0.3) is 5.57 Å². The summed E-state index contributed by atoms with van der Waals surface area (Å²) >= 11 is 0. The SMILES string of the molecule is C/C(N)=C(/C=N)c1ccc(C=O)cn1.CC. The molecule has 0 saturated heterocycles. The first-order valence-electron chi connectivity index (χ1n) is 5.07. The Bertz CT molecular complexity index is 376. The van der Waals surface area contributed by atoms with E-state index in [2.05, 4.69) is 4.98 Å². The van der Waals surface area contributed by atoms with Crippen LogP contribution >= 0.6 is 0 Å². The van der Waals surface area contributed by atoms with Gasteiger partial charge in [-0.15, -0.1) is 0 Å². The topological polar surface area (TPSA) is 79.8 Å². The first kappa shape index (κ1) is 14.0. The lowest BCUT2D eigenvalue weighted by molar-refractivity contribution is 0.112. The van der Waals surface area contributed by atoms with Gasteiger partial charge in [0.15, 0.2) is 6.29 Å². The van der Waals surface area contributed by atoms with Crippen molar-refractivity contribution in [3.8, 4) is 0 Å². The van der Waals surface area contributed by atoms with Crippen LogP contribution in [-0.4, -0.2) is 17.5 Å². The summed E-state index contributed by atoms with van der Waals surface area (Å²) in [5.74, 6) is 0. The molecule has 86 valence electrons. The van der Waals surface area contributed by atoms with Crippen molar-refractivity contribution in [3.63, 3.8) is 0 Å². The van der Waals surface area contributed by atoms with E-state index in [0.717, 1.165) is 12.5 Å². The van der Waals surface area contributed by atoms with E-state index in [1.54, 1.807) is 19.1 Å². The number of hydrogen-bond acceptors (Lipinski definition) is 4. The molecule has 0 atom stereocenters. The van der Waals surface area contributed by atoms with E-state index >= 15 is 0 Å². The summed E-state index contributed by atoms with van der Waals surface area (Å²) in [5.41, 5.74) is 7.78. The van der Waals surface area contributed by atoms with Gasteiger partial charge in [-0.2, -0.15) is 0 Å². The van der Waals surface area contributed by atoms with Crippen molar-refractivity contribution in [2.24, 2.45) is 5.73 Å². The first-order chi connectivity index (χ1) is 7.69. The van der Waals surface area contributed by atoms with Gasteiger partial charge in [0.1, 0.15) is 0 Å². The predicted molar refractivity (Wildman–Crippen MR) is 66.5 cm³/mol. The first-order valence-corrected chi connectivity index (χ1v) is 5.07. The molecule has 0 radical (unpaired) electrons. The number of carbonyl (C=O) groups excluding carboxylic acids is 1. The molecule has 0 aliphatic carbocycles. The van der Waals surface area contributed by atoms with Gasteiger partial charge >= 0.3 is 0 Å². The van der Waals surface area contributed by atoms with Gasteiger partial charge in [-0.25, -0.2) is 0 Å². The Morgan fingerprint density at radius 3 is 2.38 bits per heavy atom. The molecule has 0 amide bonds. The van der Waals surface area contributed by atoms with E-state index in [0.29, 0.717) is 22.5 Å². The molecule has 0 saturated carbocycles. The van der Waals surface area contributed by atoms with Crippen molar-refractivity contribution < 1.29 is 4.79 Å². The summed E-state index contributed by atoms with van der Waals surface area (Å²) in [6.07, 6.45) is 3.33. The minimum atomic E-state index is 0.507. The fourth-order valence-electron chi connectivity index (χ4n) is 1.02. The number of hydrogen-bond donors (Lipinski definition) is 2. The Morgan fingerprint density at radius 2 is 2.06 bits per heavy atom. The maximum atomic E-state index is 10.4. The zero-order valence-electron chi connectivity index (χ0n) is 9.82. The molecular formula is C12H17N3O. The Kier molecular flexibility index (Phi) is 6.43. The molecule has 4 nitrogen and oxygen atoms in total. The summed E-state index contributed by atoms with van der Waals surface area (Å²) in [6, 6.07) is 3.31. The van der Waals surface area contributed by atoms with Gasteiger partial charge in [0.25, 0.3) is 0 Å². The molecule has 0 spiro atoms. The van der Waals surface area contributed by atoms with Gasteiger partial charge in [-0.05, 0) is 19.1 Å². The molecule has 0 aliphatic rings. The Hall–Kier alpha value is -1.97. The molecule has 0 aliphatic heterocycles. The van der Waals surface area contributed by atoms with E-state index in [9.17, 15) is 4.79 Å². The summed E-state index contributed by atoms with van der Waals surface area (Å²) < 4.78 is 0. The highest BCUT2D eigenvalue weighted by Gasteiger charge is 2.02. The maximum absolute atomic E-state index is 10.4. The van der Waals surface area contributed by atoms with E-state index in [1.165, 1.54) is 6.20 Å². The number of carbonyl (C=O) groups is 1. The molecule has 1 heterocycles. The number of rotatable bonds is 3.